The number of carbonyl (C=O) groups excluding carboxylic acids is 1. The van der Waals surface area contributed by atoms with E-state index >= 15 is 0 Å². The van der Waals surface area contributed by atoms with Crippen LogP contribution in [0.5, 0.6) is 5.75 Å². The first-order valence-corrected chi connectivity index (χ1v) is 8.72. The molecular weight excluding hydrogens is 364 g/mol. The fourth-order valence-corrected chi connectivity index (χ4v) is 3.08. The molecule has 0 atom stereocenters. The molecule has 0 aliphatic carbocycles. The van der Waals surface area contributed by atoms with Crippen LogP contribution in [0, 0.1) is 6.92 Å². The fourth-order valence-electron chi connectivity index (χ4n) is 1.89. The molecule has 6 heteroatoms. The van der Waals surface area contributed by atoms with Gasteiger partial charge in [0, 0.05) is 17.7 Å². The Hall–Kier alpha value is -1.37. The molecule has 1 heterocycles. The molecule has 22 heavy (non-hydrogen) atoms. The highest BCUT2D eigenvalue weighted by Gasteiger charge is 2.09. The van der Waals surface area contributed by atoms with Crippen LogP contribution in [0.4, 0.5) is 0 Å². The van der Waals surface area contributed by atoms with Gasteiger partial charge in [0.05, 0.1) is 3.79 Å². The first kappa shape index (κ1) is 17.0. The number of aryl methyl sites for hydroxylation is 1. The van der Waals surface area contributed by atoms with Crippen LogP contribution in [0.1, 0.15) is 27.9 Å². The predicted molar refractivity (Wildman–Crippen MR) is 93.5 cm³/mol. The molecule has 0 aliphatic heterocycles. The normalized spacial score (nSPS) is 10.5. The molecule has 0 radical (unpaired) electrons. The molecule has 1 aromatic heterocycles. The lowest BCUT2D eigenvalue weighted by Crippen LogP contribution is -2.25. The van der Waals surface area contributed by atoms with Crippen molar-refractivity contribution in [3.05, 3.63) is 50.1 Å². The first-order valence-electron chi connectivity index (χ1n) is 7.05. The van der Waals surface area contributed by atoms with E-state index in [-0.39, 0.29) is 5.91 Å². The minimum atomic E-state index is -0.100. The monoisotopic (exact) mass is 382 g/mol. The number of hydrogen-bond acceptors (Lipinski definition) is 4. The molecule has 0 bridgehead atoms. The van der Waals surface area contributed by atoms with E-state index in [9.17, 15) is 4.79 Å². The second kappa shape index (κ2) is 8.31. The molecular formula is C16H19BrN2O2S. The van der Waals surface area contributed by atoms with Crippen molar-refractivity contribution in [2.75, 3.05) is 13.1 Å². The Morgan fingerprint density at radius 2 is 2.23 bits per heavy atom. The summed E-state index contributed by atoms with van der Waals surface area (Å²) >= 11 is 5.06. The van der Waals surface area contributed by atoms with Gasteiger partial charge >= 0.3 is 0 Å². The van der Waals surface area contributed by atoms with Crippen LogP contribution in [0.25, 0.3) is 0 Å². The average Bonchev–Trinajstić information content (AvgIpc) is 2.92. The van der Waals surface area contributed by atoms with E-state index in [1.54, 1.807) is 23.5 Å². The van der Waals surface area contributed by atoms with Gasteiger partial charge in [-0.25, -0.2) is 0 Å². The maximum absolute atomic E-state index is 12.0. The third-order valence-corrected chi connectivity index (χ3v) is 4.69. The van der Waals surface area contributed by atoms with Crippen LogP contribution in [0.15, 0.2) is 33.4 Å². The minimum Gasteiger partial charge on any atom is -0.489 e. The summed E-state index contributed by atoms with van der Waals surface area (Å²) in [7, 11) is 0. The summed E-state index contributed by atoms with van der Waals surface area (Å²) in [5.74, 6) is 0.630. The summed E-state index contributed by atoms with van der Waals surface area (Å²) in [6.07, 6.45) is 0.772. The number of nitrogens with two attached hydrogens (primary N) is 1. The Morgan fingerprint density at radius 3 is 2.91 bits per heavy atom. The van der Waals surface area contributed by atoms with E-state index in [4.69, 9.17) is 10.5 Å². The summed E-state index contributed by atoms with van der Waals surface area (Å²) < 4.78 is 6.92. The van der Waals surface area contributed by atoms with Crippen molar-refractivity contribution < 1.29 is 9.53 Å². The second-order valence-corrected chi connectivity index (χ2v) is 7.22. The van der Waals surface area contributed by atoms with Crippen molar-refractivity contribution in [2.45, 2.75) is 20.0 Å². The maximum Gasteiger partial charge on any atom is 0.251 e. The number of rotatable bonds is 7. The third-order valence-electron chi connectivity index (χ3n) is 3.13. The Balaban J connectivity index is 2.01. The maximum atomic E-state index is 12.0. The van der Waals surface area contributed by atoms with Gasteiger partial charge < -0.3 is 15.8 Å². The van der Waals surface area contributed by atoms with Crippen LogP contribution >= 0.6 is 27.3 Å². The topological polar surface area (TPSA) is 64.4 Å². The van der Waals surface area contributed by atoms with Gasteiger partial charge in [-0.3, -0.25) is 4.79 Å². The predicted octanol–water partition coefficient (Wildman–Crippen LogP) is 3.48. The van der Waals surface area contributed by atoms with Crippen LogP contribution < -0.4 is 15.8 Å². The molecule has 118 valence electrons. The lowest BCUT2D eigenvalue weighted by atomic mass is 10.1. The van der Waals surface area contributed by atoms with Crippen LogP contribution in [-0.4, -0.2) is 19.0 Å². The van der Waals surface area contributed by atoms with Gasteiger partial charge in [0.1, 0.15) is 12.4 Å². The number of thiophene rings is 1. The van der Waals surface area contributed by atoms with Gasteiger partial charge in [-0.2, -0.15) is 0 Å². The largest absolute Gasteiger partial charge is 0.489 e. The van der Waals surface area contributed by atoms with Crippen molar-refractivity contribution in [2.24, 2.45) is 5.73 Å². The summed E-state index contributed by atoms with van der Waals surface area (Å²) in [4.78, 5) is 12.0. The molecule has 3 N–H and O–H groups in total. The highest BCUT2D eigenvalue weighted by Crippen LogP contribution is 2.24. The quantitative estimate of drug-likeness (QED) is 0.720. The molecule has 0 saturated heterocycles. The minimum absolute atomic E-state index is 0.100. The second-order valence-electron chi connectivity index (χ2n) is 4.93. The lowest BCUT2D eigenvalue weighted by Gasteiger charge is -2.11. The zero-order valence-corrected chi connectivity index (χ0v) is 14.8. The van der Waals surface area contributed by atoms with Gasteiger partial charge in [-0.15, -0.1) is 11.3 Å². The van der Waals surface area contributed by atoms with E-state index in [0.29, 0.717) is 25.3 Å². The summed E-state index contributed by atoms with van der Waals surface area (Å²) in [5.41, 5.74) is 8.13. The van der Waals surface area contributed by atoms with Crippen molar-refractivity contribution in [3.8, 4) is 5.75 Å². The average molecular weight is 383 g/mol. The Morgan fingerprint density at radius 1 is 1.41 bits per heavy atom. The van der Waals surface area contributed by atoms with E-state index in [1.807, 2.05) is 24.4 Å². The van der Waals surface area contributed by atoms with Gasteiger partial charge in [0.15, 0.2) is 0 Å². The standard InChI is InChI=1S/C16H19BrN2O2S/c1-11-3-4-13(16(20)19-6-2-5-18)8-14(11)21-9-12-7-15(17)22-10-12/h3-4,7-8,10H,2,5-6,9,18H2,1H3,(H,19,20). The van der Waals surface area contributed by atoms with E-state index in [1.165, 1.54) is 0 Å². The highest BCUT2D eigenvalue weighted by atomic mass is 79.9. The van der Waals surface area contributed by atoms with E-state index in [2.05, 4.69) is 21.2 Å². The first-order chi connectivity index (χ1) is 10.6. The third kappa shape index (κ3) is 4.83. The number of nitrogens with one attached hydrogen (secondary N) is 1. The number of hydrogen-bond donors (Lipinski definition) is 2. The number of halogens is 1. The van der Waals surface area contributed by atoms with Crippen molar-refractivity contribution in [1.82, 2.24) is 5.32 Å². The highest BCUT2D eigenvalue weighted by molar-refractivity contribution is 9.11. The summed E-state index contributed by atoms with van der Waals surface area (Å²) in [5, 5.41) is 4.89. The van der Waals surface area contributed by atoms with Crippen molar-refractivity contribution in [3.63, 3.8) is 0 Å². The summed E-state index contributed by atoms with van der Waals surface area (Å²) in [6, 6.07) is 7.52. The molecule has 2 aromatic rings. The number of ether oxygens (including phenoxy) is 1. The van der Waals surface area contributed by atoms with Gasteiger partial charge in [-0.1, -0.05) is 6.07 Å². The van der Waals surface area contributed by atoms with Crippen molar-refractivity contribution in [1.29, 1.82) is 0 Å². The molecule has 0 saturated carbocycles. The molecule has 0 spiro atoms. The Bertz CT molecular complexity index is 643. The summed E-state index contributed by atoms with van der Waals surface area (Å²) in [6.45, 7) is 3.61. The van der Waals surface area contributed by atoms with Crippen LogP contribution in [0.2, 0.25) is 0 Å². The molecule has 2 rings (SSSR count). The molecule has 0 unspecified atom stereocenters. The fraction of sp³-hybridized carbons (Fsp3) is 0.312. The number of benzene rings is 1. The van der Waals surface area contributed by atoms with E-state index in [0.717, 1.165) is 27.1 Å². The molecule has 0 aliphatic rings. The molecule has 1 aromatic carbocycles. The zero-order valence-electron chi connectivity index (χ0n) is 12.4. The number of carbonyl (C=O) groups is 1. The van der Waals surface area contributed by atoms with Gasteiger partial charge in [0.2, 0.25) is 0 Å². The molecule has 1 amide bonds. The van der Waals surface area contributed by atoms with Crippen LogP contribution in [-0.2, 0) is 6.61 Å². The van der Waals surface area contributed by atoms with E-state index < -0.39 is 0 Å². The van der Waals surface area contributed by atoms with Crippen LogP contribution in [0.3, 0.4) is 0 Å². The molecule has 4 nitrogen and oxygen atoms in total. The SMILES string of the molecule is Cc1ccc(C(=O)NCCCN)cc1OCc1csc(Br)c1. The van der Waals surface area contributed by atoms with Gasteiger partial charge in [-0.05, 0) is 65.0 Å². The van der Waals surface area contributed by atoms with Gasteiger partial charge in [0.25, 0.3) is 5.91 Å². The Kier molecular flexibility index (Phi) is 6.42. The lowest BCUT2D eigenvalue weighted by molar-refractivity contribution is 0.0953. The number of amides is 1. The Labute approximate surface area is 142 Å². The zero-order chi connectivity index (χ0) is 15.9. The van der Waals surface area contributed by atoms with Crippen molar-refractivity contribution >= 4 is 33.2 Å². The molecule has 0 fully saturated rings. The smallest absolute Gasteiger partial charge is 0.251 e.